The zero-order valence-corrected chi connectivity index (χ0v) is 9.74. The second kappa shape index (κ2) is 4.21. The lowest BCUT2D eigenvalue weighted by molar-refractivity contribution is 0.311. The number of aromatic nitrogens is 4. The van der Waals surface area contributed by atoms with Crippen LogP contribution in [0.15, 0.2) is 18.6 Å². The van der Waals surface area contributed by atoms with Crippen molar-refractivity contribution in [3.05, 3.63) is 18.6 Å². The van der Waals surface area contributed by atoms with Crippen LogP contribution in [0.3, 0.4) is 0 Å². The Kier molecular flexibility index (Phi) is 2.56. The Balaban J connectivity index is 1.90. The van der Waals surface area contributed by atoms with Crippen molar-refractivity contribution in [2.45, 2.75) is 0 Å². The fraction of sp³-hybridized carbons (Fsp3) is 0.455. The van der Waals surface area contributed by atoms with Gasteiger partial charge >= 0.3 is 0 Å². The van der Waals surface area contributed by atoms with Gasteiger partial charge < -0.3 is 9.80 Å². The topological polar surface area (TPSA) is 58.0 Å². The molecule has 0 N–H and O–H groups in total. The monoisotopic (exact) mass is 230 g/mol. The molecule has 3 heterocycles. The Morgan fingerprint density at radius 2 is 1.76 bits per heavy atom. The minimum atomic E-state index is 0.663. The Morgan fingerprint density at radius 3 is 2.59 bits per heavy atom. The average molecular weight is 230 g/mol. The predicted molar refractivity (Wildman–Crippen MR) is 64.8 cm³/mol. The number of likely N-dealkylation sites (N-methyl/N-ethyl adjacent to an activating group) is 1. The molecule has 88 valence electrons. The average Bonchev–Trinajstić information content (AvgIpc) is 2.39. The van der Waals surface area contributed by atoms with Gasteiger partial charge in [0, 0.05) is 38.6 Å². The first kappa shape index (κ1) is 10.3. The molecule has 0 aliphatic carbocycles. The van der Waals surface area contributed by atoms with E-state index in [2.05, 4.69) is 36.8 Å². The van der Waals surface area contributed by atoms with Crippen molar-refractivity contribution >= 4 is 17.1 Å². The Labute approximate surface area is 99.3 Å². The second-order valence-corrected chi connectivity index (χ2v) is 4.23. The van der Waals surface area contributed by atoms with Gasteiger partial charge in [0.25, 0.3) is 0 Å². The summed E-state index contributed by atoms with van der Waals surface area (Å²) in [4.78, 5) is 21.7. The van der Waals surface area contributed by atoms with Crippen molar-refractivity contribution in [1.82, 2.24) is 24.8 Å². The van der Waals surface area contributed by atoms with Crippen LogP contribution >= 0.6 is 0 Å². The Bertz CT molecular complexity index is 520. The molecule has 6 nitrogen and oxygen atoms in total. The van der Waals surface area contributed by atoms with Crippen LogP contribution < -0.4 is 4.90 Å². The lowest BCUT2D eigenvalue weighted by atomic mass is 10.3. The van der Waals surface area contributed by atoms with Crippen LogP contribution in [0.25, 0.3) is 11.2 Å². The maximum atomic E-state index is 4.45. The molecule has 0 bridgehead atoms. The Hall–Kier alpha value is -1.82. The van der Waals surface area contributed by atoms with Gasteiger partial charge in [0.05, 0.1) is 6.20 Å². The van der Waals surface area contributed by atoms with E-state index in [4.69, 9.17) is 0 Å². The first-order valence-electron chi connectivity index (χ1n) is 5.70. The van der Waals surface area contributed by atoms with E-state index < -0.39 is 0 Å². The molecule has 1 saturated heterocycles. The highest BCUT2D eigenvalue weighted by Crippen LogP contribution is 2.12. The van der Waals surface area contributed by atoms with Crippen LogP contribution in [-0.2, 0) is 0 Å². The summed E-state index contributed by atoms with van der Waals surface area (Å²) >= 11 is 0. The summed E-state index contributed by atoms with van der Waals surface area (Å²) in [6.07, 6.45) is 5.05. The lowest BCUT2D eigenvalue weighted by Crippen LogP contribution is -2.45. The lowest BCUT2D eigenvalue weighted by Gasteiger charge is -2.32. The van der Waals surface area contributed by atoms with Crippen molar-refractivity contribution in [2.24, 2.45) is 0 Å². The molecular weight excluding hydrogens is 216 g/mol. The summed E-state index contributed by atoms with van der Waals surface area (Å²) in [5, 5.41) is 0. The second-order valence-electron chi connectivity index (χ2n) is 4.23. The van der Waals surface area contributed by atoms with Gasteiger partial charge in [-0.25, -0.2) is 15.0 Å². The number of fused-ring (bicyclic) bond motifs is 1. The molecule has 1 fully saturated rings. The molecule has 1 aliphatic heterocycles. The first-order chi connectivity index (χ1) is 8.33. The molecule has 2 aromatic rings. The van der Waals surface area contributed by atoms with Gasteiger partial charge in [-0.05, 0) is 7.05 Å². The molecule has 0 saturated carbocycles. The van der Waals surface area contributed by atoms with Crippen LogP contribution in [0.5, 0.6) is 0 Å². The van der Waals surface area contributed by atoms with Crippen molar-refractivity contribution in [1.29, 1.82) is 0 Å². The van der Waals surface area contributed by atoms with E-state index in [-0.39, 0.29) is 0 Å². The van der Waals surface area contributed by atoms with E-state index in [1.165, 1.54) is 0 Å². The third kappa shape index (κ3) is 2.03. The van der Waals surface area contributed by atoms with Crippen LogP contribution in [-0.4, -0.2) is 58.1 Å². The number of piperazine rings is 1. The highest BCUT2D eigenvalue weighted by molar-refractivity contribution is 5.69. The maximum Gasteiger partial charge on any atom is 0.227 e. The molecule has 0 radical (unpaired) electrons. The molecule has 3 rings (SSSR count). The third-order valence-electron chi connectivity index (χ3n) is 3.00. The van der Waals surface area contributed by atoms with E-state index in [0.29, 0.717) is 5.65 Å². The fourth-order valence-corrected chi connectivity index (χ4v) is 1.92. The summed E-state index contributed by atoms with van der Waals surface area (Å²) in [6, 6.07) is 0. The van der Waals surface area contributed by atoms with Gasteiger partial charge in [0.15, 0.2) is 5.65 Å². The van der Waals surface area contributed by atoms with Crippen LogP contribution in [0, 0.1) is 0 Å². The maximum absolute atomic E-state index is 4.45. The minimum absolute atomic E-state index is 0.663. The number of rotatable bonds is 1. The number of nitrogens with zero attached hydrogens (tertiary/aromatic N) is 6. The zero-order valence-electron chi connectivity index (χ0n) is 9.74. The number of anilines is 1. The number of hydrogen-bond acceptors (Lipinski definition) is 6. The summed E-state index contributed by atoms with van der Waals surface area (Å²) in [7, 11) is 2.13. The smallest absolute Gasteiger partial charge is 0.227 e. The molecule has 1 aliphatic rings. The standard InChI is InChI=1S/C11H14N6/c1-16-4-6-17(7-5-16)11-14-8-9-10(15-11)13-3-2-12-9/h2-3,8H,4-7H2,1H3. The van der Waals surface area contributed by atoms with E-state index in [9.17, 15) is 0 Å². The van der Waals surface area contributed by atoms with Gasteiger partial charge in [-0.15, -0.1) is 0 Å². The third-order valence-corrected chi connectivity index (χ3v) is 3.00. The summed E-state index contributed by atoms with van der Waals surface area (Å²) in [5.41, 5.74) is 1.40. The van der Waals surface area contributed by atoms with Crippen LogP contribution in [0.2, 0.25) is 0 Å². The van der Waals surface area contributed by atoms with Crippen molar-refractivity contribution < 1.29 is 0 Å². The molecule has 0 atom stereocenters. The highest BCUT2D eigenvalue weighted by Gasteiger charge is 2.16. The molecule has 0 unspecified atom stereocenters. The zero-order chi connectivity index (χ0) is 11.7. The quantitative estimate of drug-likeness (QED) is 0.696. The molecule has 0 aromatic carbocycles. The van der Waals surface area contributed by atoms with Crippen molar-refractivity contribution in [3.8, 4) is 0 Å². The minimum Gasteiger partial charge on any atom is -0.338 e. The van der Waals surface area contributed by atoms with Gasteiger partial charge in [-0.1, -0.05) is 0 Å². The van der Waals surface area contributed by atoms with Crippen molar-refractivity contribution in [2.75, 3.05) is 38.1 Å². The highest BCUT2D eigenvalue weighted by atomic mass is 15.3. The van der Waals surface area contributed by atoms with E-state index in [0.717, 1.165) is 37.6 Å². The molecule has 0 amide bonds. The molecule has 17 heavy (non-hydrogen) atoms. The fourth-order valence-electron chi connectivity index (χ4n) is 1.92. The Morgan fingerprint density at radius 1 is 1.00 bits per heavy atom. The van der Waals surface area contributed by atoms with Crippen LogP contribution in [0.1, 0.15) is 0 Å². The van der Waals surface area contributed by atoms with E-state index in [1.54, 1.807) is 18.6 Å². The van der Waals surface area contributed by atoms with E-state index >= 15 is 0 Å². The molecule has 0 spiro atoms. The summed E-state index contributed by atoms with van der Waals surface area (Å²) in [6.45, 7) is 4.01. The first-order valence-corrected chi connectivity index (χ1v) is 5.70. The summed E-state index contributed by atoms with van der Waals surface area (Å²) in [5.74, 6) is 0.756. The van der Waals surface area contributed by atoms with Gasteiger partial charge in [-0.3, -0.25) is 0 Å². The normalized spacial score (nSPS) is 17.6. The van der Waals surface area contributed by atoms with Crippen molar-refractivity contribution in [3.63, 3.8) is 0 Å². The predicted octanol–water partition coefficient (Wildman–Crippen LogP) is 0.172. The largest absolute Gasteiger partial charge is 0.338 e. The van der Waals surface area contributed by atoms with Gasteiger partial charge in [0.2, 0.25) is 5.95 Å². The van der Waals surface area contributed by atoms with Crippen LogP contribution in [0.4, 0.5) is 5.95 Å². The SMILES string of the molecule is CN1CCN(c2ncc3nccnc3n2)CC1. The molecule has 2 aromatic heterocycles. The van der Waals surface area contributed by atoms with E-state index in [1.807, 2.05) is 0 Å². The van der Waals surface area contributed by atoms with Gasteiger partial charge in [-0.2, -0.15) is 4.98 Å². The molecular formula is C11H14N6. The molecule has 6 heteroatoms. The summed E-state index contributed by atoms with van der Waals surface area (Å²) < 4.78 is 0. The van der Waals surface area contributed by atoms with Gasteiger partial charge in [0.1, 0.15) is 5.52 Å². The number of hydrogen-bond donors (Lipinski definition) is 0.